The Labute approximate surface area is 333 Å². The maximum atomic E-state index is 13.4. The Hall–Kier alpha value is -5.57. The lowest BCUT2D eigenvalue weighted by Gasteiger charge is -2.26. The van der Waals surface area contributed by atoms with Gasteiger partial charge < -0.3 is 21.3 Å². The van der Waals surface area contributed by atoms with Gasteiger partial charge in [-0.2, -0.15) is 0 Å². The number of nitrogens with two attached hydrogens (primary N) is 2. The van der Waals surface area contributed by atoms with Crippen molar-refractivity contribution in [3.05, 3.63) is 130 Å². The molecule has 3 aliphatic rings. The van der Waals surface area contributed by atoms with E-state index in [1.54, 1.807) is 12.1 Å². The molecule has 0 spiro atoms. The van der Waals surface area contributed by atoms with E-state index in [1.165, 1.54) is 0 Å². The maximum Gasteiger partial charge on any atom is 0.248 e. The molecule has 56 heavy (non-hydrogen) atoms. The van der Waals surface area contributed by atoms with Crippen LogP contribution in [-0.4, -0.2) is 79.5 Å². The fourth-order valence-electron chi connectivity index (χ4n) is 8.01. The lowest BCUT2D eigenvalue weighted by molar-refractivity contribution is -0.493. The number of carbonyl (C=O) groups excluding carboxylic acids is 3. The zero-order valence-corrected chi connectivity index (χ0v) is 34.6. The van der Waals surface area contributed by atoms with Crippen LogP contribution in [0.5, 0.6) is 0 Å². The molecule has 1 saturated carbocycles. The Morgan fingerprint density at radius 1 is 0.661 bits per heavy atom. The summed E-state index contributed by atoms with van der Waals surface area (Å²) in [6.07, 6.45) is 23.6. The van der Waals surface area contributed by atoms with Crippen LogP contribution >= 0.6 is 0 Å². The van der Waals surface area contributed by atoms with Crippen molar-refractivity contribution in [1.82, 2.24) is 0 Å². The lowest BCUT2D eigenvalue weighted by atomic mass is 9.83. The first-order chi connectivity index (χ1) is 26.6. The van der Waals surface area contributed by atoms with Crippen LogP contribution in [-0.2, 0) is 15.6 Å². The second-order valence-electron chi connectivity index (χ2n) is 16.0. The first-order valence-electron chi connectivity index (χ1n) is 19.8. The van der Waals surface area contributed by atoms with Crippen molar-refractivity contribution in [3.63, 3.8) is 0 Å². The lowest BCUT2D eigenvalue weighted by Crippen LogP contribution is -2.28. The third-order valence-electron chi connectivity index (χ3n) is 11.6. The van der Waals surface area contributed by atoms with Crippen LogP contribution in [0.2, 0.25) is 0 Å². The molecule has 2 aromatic carbocycles. The van der Waals surface area contributed by atoms with Gasteiger partial charge in [-0.15, -0.1) is 0 Å². The number of rotatable bonds is 14. The van der Waals surface area contributed by atoms with Gasteiger partial charge in [0.05, 0.1) is 0 Å². The van der Waals surface area contributed by atoms with E-state index >= 15 is 0 Å². The van der Waals surface area contributed by atoms with Gasteiger partial charge in [-0.25, -0.2) is 9.15 Å². The van der Waals surface area contributed by atoms with E-state index in [0.717, 1.165) is 84.1 Å². The molecule has 0 unspecified atom stereocenters. The molecular formula is C47H60N6O3+2. The number of carbonyl (C=O) groups is 3. The van der Waals surface area contributed by atoms with Crippen molar-refractivity contribution in [2.75, 3.05) is 50.1 Å². The van der Waals surface area contributed by atoms with Gasteiger partial charge in [-0.3, -0.25) is 14.4 Å². The van der Waals surface area contributed by atoms with Crippen LogP contribution in [0.25, 0.3) is 0 Å². The predicted molar refractivity (Wildman–Crippen MR) is 230 cm³/mol. The molecule has 1 fully saturated rings. The standard InChI is InChI=1S/C47H58N6O3/c1-9-50(7)27-15-29-52-39-25-23-35(44(48)55)31-37(39)46(3,4)41(52)19-13-11-17-33-21-22-34(43(33)54)18-12-14-20-42-47(5,6)38-32-36(45(49)56)24-26-40(38)53(42)30-16-28-51(8)10-2/h9-14,17-20,23-26,31-32H,15-16,21-22,27-30H2,1-8H3,(H2-2,48,49,55,56)/p+2. The molecule has 0 saturated heterocycles. The third kappa shape index (κ3) is 8.77. The monoisotopic (exact) mass is 756 g/mol. The summed E-state index contributed by atoms with van der Waals surface area (Å²) in [5.74, 6) is -0.783. The van der Waals surface area contributed by atoms with Gasteiger partial charge in [0.15, 0.2) is 5.78 Å². The highest BCUT2D eigenvalue weighted by molar-refractivity contribution is 6.11. The van der Waals surface area contributed by atoms with Crippen molar-refractivity contribution < 1.29 is 23.5 Å². The number of Topliss-reactive ketones (excluding diaryl/α,β-unsaturated/α-hetero) is 1. The Morgan fingerprint density at radius 3 is 1.39 bits per heavy atom. The molecule has 2 aromatic rings. The number of primary amides is 2. The van der Waals surface area contributed by atoms with E-state index in [2.05, 4.69) is 85.3 Å². The quantitative estimate of drug-likeness (QED) is 0.121. The van der Waals surface area contributed by atoms with Crippen LogP contribution in [0.15, 0.2) is 108 Å². The van der Waals surface area contributed by atoms with E-state index in [1.807, 2.05) is 74.6 Å². The molecule has 0 radical (unpaired) electrons. The van der Waals surface area contributed by atoms with E-state index in [9.17, 15) is 14.4 Å². The number of hydrogen-bond acceptors (Lipinski definition) is 5. The molecular weight excluding hydrogens is 697 g/mol. The molecule has 2 heterocycles. The molecule has 9 heteroatoms. The molecule has 9 nitrogen and oxygen atoms in total. The average molecular weight is 757 g/mol. The molecule has 2 aliphatic heterocycles. The van der Waals surface area contributed by atoms with Crippen LogP contribution in [0.4, 0.5) is 11.4 Å². The van der Waals surface area contributed by atoms with Crippen LogP contribution in [0, 0.1) is 0 Å². The highest BCUT2D eigenvalue weighted by Gasteiger charge is 2.41. The first-order valence-corrected chi connectivity index (χ1v) is 19.8. The fourth-order valence-corrected chi connectivity index (χ4v) is 8.01. The summed E-state index contributed by atoms with van der Waals surface area (Å²) in [4.78, 5) is 42.2. The smallest absolute Gasteiger partial charge is 0.248 e. The number of allylic oxidation sites excluding steroid dienone is 12. The second kappa shape index (κ2) is 17.5. The summed E-state index contributed by atoms with van der Waals surface area (Å²) in [5.41, 5.74) is 19.9. The highest BCUT2D eigenvalue weighted by Crippen LogP contribution is 2.49. The van der Waals surface area contributed by atoms with E-state index in [-0.39, 0.29) is 16.6 Å². The maximum absolute atomic E-state index is 13.4. The predicted octanol–water partition coefficient (Wildman–Crippen LogP) is 7.12. The summed E-state index contributed by atoms with van der Waals surface area (Å²) in [6.45, 7) is 16.3. The number of nitrogens with zero attached hydrogens (tertiary/aromatic N) is 4. The van der Waals surface area contributed by atoms with Crippen molar-refractivity contribution in [1.29, 1.82) is 0 Å². The number of fused-ring (bicyclic) bond motifs is 2. The minimum absolute atomic E-state index is 0.0803. The van der Waals surface area contributed by atoms with Crippen molar-refractivity contribution in [2.24, 2.45) is 11.5 Å². The molecule has 2 amide bonds. The number of anilines is 2. The van der Waals surface area contributed by atoms with Crippen molar-refractivity contribution in [3.8, 4) is 0 Å². The highest BCUT2D eigenvalue weighted by atomic mass is 16.1. The Balaban J connectivity index is 1.33. The van der Waals surface area contributed by atoms with Crippen LogP contribution < -0.4 is 21.3 Å². The largest absolute Gasteiger partial charge is 0.366 e. The Kier molecular flexibility index (Phi) is 13.0. The van der Waals surface area contributed by atoms with Gasteiger partial charge in [0.1, 0.15) is 39.6 Å². The summed E-state index contributed by atoms with van der Waals surface area (Å²) in [6, 6.07) is 11.5. The SMILES string of the molecule is CC=[N+](C)CCCN1C(=CC=CC=C2CCC(=CC=CC=C3N(CCC[N+](C)=CC)c4ccc(C(N)=O)cc4C3(C)C)C2=O)C(C)(C)c2cc(C(N)=O)ccc21. The third-order valence-corrected chi connectivity index (χ3v) is 11.6. The zero-order valence-electron chi connectivity index (χ0n) is 34.6. The first kappa shape index (κ1) is 41.6. The van der Waals surface area contributed by atoms with Gasteiger partial charge in [0.25, 0.3) is 0 Å². The van der Waals surface area contributed by atoms with Crippen LogP contribution in [0.1, 0.15) is 99.1 Å². The van der Waals surface area contributed by atoms with E-state index in [0.29, 0.717) is 24.0 Å². The summed E-state index contributed by atoms with van der Waals surface area (Å²) < 4.78 is 4.37. The van der Waals surface area contributed by atoms with E-state index in [4.69, 9.17) is 11.5 Å². The van der Waals surface area contributed by atoms with Crippen LogP contribution in [0.3, 0.4) is 0 Å². The molecule has 0 aromatic heterocycles. The molecule has 294 valence electrons. The molecule has 1 aliphatic carbocycles. The van der Waals surface area contributed by atoms with Gasteiger partial charge in [0.2, 0.25) is 11.8 Å². The average Bonchev–Trinajstić information content (AvgIpc) is 3.70. The van der Waals surface area contributed by atoms with Gasteiger partial charge in [0, 0.05) is 95.7 Å². The summed E-state index contributed by atoms with van der Waals surface area (Å²) in [5, 5.41) is 0. The molecule has 0 bridgehead atoms. The Morgan fingerprint density at radius 2 is 1.04 bits per heavy atom. The normalized spacial score (nSPS) is 20.8. The van der Waals surface area contributed by atoms with Gasteiger partial charge in [-0.05, 0) is 72.5 Å². The minimum atomic E-state index is -0.432. The van der Waals surface area contributed by atoms with E-state index < -0.39 is 11.8 Å². The molecule has 5 rings (SSSR count). The number of amides is 2. The Bertz CT molecular complexity index is 1990. The second-order valence-corrected chi connectivity index (χ2v) is 16.0. The van der Waals surface area contributed by atoms with Gasteiger partial charge >= 0.3 is 0 Å². The van der Waals surface area contributed by atoms with Crippen molar-refractivity contribution in [2.45, 2.75) is 78.1 Å². The van der Waals surface area contributed by atoms with Gasteiger partial charge in [-0.1, -0.05) is 64.2 Å². The van der Waals surface area contributed by atoms with Crippen molar-refractivity contribution >= 4 is 41.4 Å². The molecule has 0 atom stereocenters. The number of benzene rings is 2. The topological polar surface area (TPSA) is 116 Å². The molecule has 4 N–H and O–H groups in total. The number of ketones is 1. The zero-order chi connectivity index (χ0) is 40.8. The fraction of sp³-hybridized carbons (Fsp3) is 0.383. The summed E-state index contributed by atoms with van der Waals surface area (Å²) >= 11 is 0. The summed E-state index contributed by atoms with van der Waals surface area (Å²) in [7, 11) is 4.16. The minimum Gasteiger partial charge on any atom is -0.366 e. The number of hydrogen-bond donors (Lipinski definition) is 2.